The topological polar surface area (TPSA) is 55.9 Å². The molecule has 2 aromatic carbocycles. The predicted octanol–water partition coefficient (Wildman–Crippen LogP) is 2.43. The van der Waals surface area contributed by atoms with Crippen molar-refractivity contribution in [3.63, 3.8) is 0 Å². The van der Waals surface area contributed by atoms with Gasteiger partial charge in [0.25, 0.3) is 0 Å². The molecular weight excluding hydrogens is 383 g/mol. The lowest BCUT2D eigenvalue weighted by Gasteiger charge is -2.36. The number of rotatable bonds is 7. The summed E-state index contributed by atoms with van der Waals surface area (Å²) in [5.74, 6) is -0.823. The van der Waals surface area contributed by atoms with Gasteiger partial charge in [-0.05, 0) is 31.7 Å². The Balaban J connectivity index is 1.45. The van der Waals surface area contributed by atoms with E-state index < -0.39 is 11.9 Å². The van der Waals surface area contributed by atoms with Crippen LogP contribution in [0.3, 0.4) is 0 Å². The molecule has 0 unspecified atom stereocenters. The lowest BCUT2D eigenvalue weighted by molar-refractivity contribution is -0.135. The maximum Gasteiger partial charge on any atom is 0.241 e. The lowest BCUT2D eigenvalue weighted by atomic mass is 10.2. The third-order valence-electron chi connectivity index (χ3n) is 5.53. The molecule has 160 valence electrons. The number of hydrogen-bond acceptors (Lipinski definition) is 4. The molecule has 1 fully saturated rings. The van der Waals surface area contributed by atoms with Gasteiger partial charge in [0, 0.05) is 32.7 Å². The largest absolute Gasteiger partial charge is 0.339 e. The van der Waals surface area contributed by atoms with Crippen LogP contribution < -0.4 is 5.32 Å². The van der Waals surface area contributed by atoms with Crippen LogP contribution in [0.2, 0.25) is 0 Å². The van der Waals surface area contributed by atoms with Gasteiger partial charge in [0.1, 0.15) is 5.82 Å². The number of carbonyl (C=O) groups excluding carboxylic acids is 2. The monoisotopic (exact) mass is 412 g/mol. The molecule has 1 saturated heterocycles. The average Bonchev–Trinajstić information content (AvgIpc) is 2.76. The quantitative estimate of drug-likeness (QED) is 0.759. The van der Waals surface area contributed by atoms with Gasteiger partial charge < -0.3 is 10.2 Å². The molecule has 1 atom stereocenters. The predicted molar refractivity (Wildman–Crippen MR) is 115 cm³/mol. The SMILES string of the molecule is C[C@H](C(=O)Nc1ccccc1F)N(C)CC(=O)N1CCN(Cc2ccccc2)CC1. The molecule has 3 rings (SSSR count). The van der Waals surface area contributed by atoms with Crippen molar-refractivity contribution in [3.8, 4) is 0 Å². The van der Waals surface area contributed by atoms with Crippen molar-refractivity contribution < 1.29 is 14.0 Å². The summed E-state index contributed by atoms with van der Waals surface area (Å²) in [6.45, 7) is 5.74. The highest BCUT2D eigenvalue weighted by atomic mass is 19.1. The fraction of sp³-hybridized carbons (Fsp3) is 0.391. The first kappa shape index (κ1) is 21.9. The highest BCUT2D eigenvalue weighted by molar-refractivity contribution is 5.95. The maximum atomic E-state index is 13.7. The maximum absolute atomic E-state index is 13.7. The molecule has 1 aliphatic heterocycles. The standard InChI is InChI=1S/C23H29FN4O2/c1-18(23(30)25-21-11-7-6-10-20(21)24)26(2)17-22(29)28-14-12-27(13-15-28)16-19-8-4-3-5-9-19/h3-11,18H,12-17H2,1-2H3,(H,25,30)/t18-/m1/s1. The van der Waals surface area contributed by atoms with Crippen LogP contribution in [0.1, 0.15) is 12.5 Å². The third kappa shape index (κ3) is 5.87. The minimum absolute atomic E-state index is 0.00222. The summed E-state index contributed by atoms with van der Waals surface area (Å²) in [5.41, 5.74) is 1.41. The molecule has 6 nitrogen and oxygen atoms in total. The summed E-state index contributed by atoms with van der Waals surface area (Å²) in [4.78, 5) is 31.0. The summed E-state index contributed by atoms with van der Waals surface area (Å²) in [7, 11) is 1.73. The van der Waals surface area contributed by atoms with E-state index in [1.807, 2.05) is 23.1 Å². The van der Waals surface area contributed by atoms with Crippen molar-refractivity contribution in [3.05, 3.63) is 66.0 Å². The number of amides is 2. The molecule has 0 spiro atoms. The van der Waals surface area contributed by atoms with Crippen LogP contribution in [0.25, 0.3) is 0 Å². The van der Waals surface area contributed by atoms with E-state index in [1.54, 1.807) is 31.0 Å². The Hall–Kier alpha value is -2.77. The number of carbonyl (C=O) groups is 2. The van der Waals surface area contributed by atoms with Gasteiger partial charge in [0.2, 0.25) is 11.8 Å². The summed E-state index contributed by atoms with van der Waals surface area (Å²) in [6.07, 6.45) is 0. The Morgan fingerprint density at radius 1 is 1.03 bits per heavy atom. The Morgan fingerprint density at radius 2 is 1.67 bits per heavy atom. The number of halogens is 1. The fourth-order valence-electron chi connectivity index (χ4n) is 3.45. The van der Waals surface area contributed by atoms with Crippen molar-refractivity contribution in [2.24, 2.45) is 0 Å². The Bertz CT molecular complexity index is 853. The first-order valence-electron chi connectivity index (χ1n) is 10.2. The molecule has 2 aromatic rings. The molecule has 0 bridgehead atoms. The lowest BCUT2D eigenvalue weighted by Crippen LogP contribution is -2.52. The number of para-hydroxylation sites is 1. The second kappa shape index (κ2) is 10.3. The highest BCUT2D eigenvalue weighted by Gasteiger charge is 2.25. The summed E-state index contributed by atoms with van der Waals surface area (Å²) in [6, 6.07) is 15.8. The summed E-state index contributed by atoms with van der Waals surface area (Å²) >= 11 is 0. The molecule has 1 aliphatic rings. The van der Waals surface area contributed by atoms with Gasteiger partial charge in [-0.25, -0.2) is 4.39 Å². The normalized spacial score (nSPS) is 15.8. The Kier molecular flexibility index (Phi) is 7.54. The smallest absolute Gasteiger partial charge is 0.241 e. The first-order chi connectivity index (χ1) is 14.4. The second-order valence-electron chi connectivity index (χ2n) is 7.70. The zero-order valence-electron chi connectivity index (χ0n) is 17.6. The molecule has 1 heterocycles. The van der Waals surface area contributed by atoms with Gasteiger partial charge in [0.15, 0.2) is 0 Å². The fourth-order valence-corrected chi connectivity index (χ4v) is 3.45. The number of anilines is 1. The van der Waals surface area contributed by atoms with E-state index in [0.29, 0.717) is 13.1 Å². The first-order valence-corrected chi connectivity index (χ1v) is 10.2. The third-order valence-corrected chi connectivity index (χ3v) is 5.53. The van der Waals surface area contributed by atoms with Gasteiger partial charge in [-0.15, -0.1) is 0 Å². The molecule has 0 radical (unpaired) electrons. The van der Waals surface area contributed by atoms with Crippen LogP contribution in [0, 0.1) is 5.82 Å². The molecule has 30 heavy (non-hydrogen) atoms. The van der Waals surface area contributed by atoms with Crippen LogP contribution in [-0.2, 0) is 16.1 Å². The van der Waals surface area contributed by atoms with E-state index in [0.717, 1.165) is 19.6 Å². The van der Waals surface area contributed by atoms with Gasteiger partial charge in [0.05, 0.1) is 18.3 Å². The van der Waals surface area contributed by atoms with Gasteiger partial charge in [-0.1, -0.05) is 42.5 Å². The molecule has 0 saturated carbocycles. The van der Waals surface area contributed by atoms with E-state index >= 15 is 0 Å². The zero-order valence-corrected chi connectivity index (χ0v) is 17.6. The number of piperazine rings is 1. The molecule has 1 N–H and O–H groups in total. The van der Waals surface area contributed by atoms with Crippen molar-refractivity contribution in [2.45, 2.75) is 19.5 Å². The van der Waals surface area contributed by atoms with Crippen molar-refractivity contribution >= 4 is 17.5 Å². The van der Waals surface area contributed by atoms with Crippen LogP contribution >= 0.6 is 0 Å². The van der Waals surface area contributed by atoms with Crippen LogP contribution in [-0.4, -0.2) is 72.3 Å². The Morgan fingerprint density at radius 3 is 2.33 bits per heavy atom. The van der Waals surface area contributed by atoms with Crippen LogP contribution in [0.15, 0.2) is 54.6 Å². The average molecular weight is 413 g/mol. The van der Waals surface area contributed by atoms with Gasteiger partial charge >= 0.3 is 0 Å². The minimum atomic E-state index is -0.562. The highest BCUT2D eigenvalue weighted by Crippen LogP contribution is 2.14. The van der Waals surface area contributed by atoms with Crippen molar-refractivity contribution in [1.29, 1.82) is 0 Å². The molecule has 0 aliphatic carbocycles. The van der Waals surface area contributed by atoms with E-state index in [9.17, 15) is 14.0 Å². The number of benzene rings is 2. The summed E-state index contributed by atoms with van der Waals surface area (Å²) < 4.78 is 13.7. The van der Waals surface area contributed by atoms with E-state index in [2.05, 4.69) is 22.3 Å². The number of nitrogens with one attached hydrogen (secondary N) is 1. The molecule has 2 amide bonds. The molecule has 7 heteroatoms. The minimum Gasteiger partial charge on any atom is -0.339 e. The second-order valence-corrected chi connectivity index (χ2v) is 7.70. The Labute approximate surface area is 177 Å². The van der Waals surface area contributed by atoms with Crippen LogP contribution in [0.4, 0.5) is 10.1 Å². The van der Waals surface area contributed by atoms with E-state index in [1.165, 1.54) is 17.7 Å². The molecule has 0 aromatic heterocycles. The zero-order chi connectivity index (χ0) is 21.5. The number of nitrogens with zero attached hydrogens (tertiary/aromatic N) is 3. The van der Waals surface area contributed by atoms with Crippen molar-refractivity contribution in [1.82, 2.24) is 14.7 Å². The van der Waals surface area contributed by atoms with Crippen LogP contribution in [0.5, 0.6) is 0 Å². The van der Waals surface area contributed by atoms with Gasteiger partial charge in [-0.2, -0.15) is 0 Å². The number of likely N-dealkylation sites (N-methyl/N-ethyl adjacent to an activating group) is 1. The number of hydrogen-bond donors (Lipinski definition) is 1. The van der Waals surface area contributed by atoms with Crippen molar-refractivity contribution in [2.75, 3.05) is 45.1 Å². The molecular formula is C23H29FN4O2. The van der Waals surface area contributed by atoms with E-state index in [-0.39, 0.29) is 24.0 Å². The van der Waals surface area contributed by atoms with Gasteiger partial charge in [-0.3, -0.25) is 19.4 Å². The summed E-state index contributed by atoms with van der Waals surface area (Å²) in [5, 5.41) is 2.59. The van der Waals surface area contributed by atoms with E-state index in [4.69, 9.17) is 0 Å².